The van der Waals surface area contributed by atoms with Gasteiger partial charge in [0.2, 0.25) is 5.91 Å². The minimum Gasteiger partial charge on any atom is -0.355 e. The molecule has 3 nitrogen and oxygen atoms in total. The summed E-state index contributed by atoms with van der Waals surface area (Å²) in [4.78, 5) is 12.0. The molecule has 0 heterocycles. The van der Waals surface area contributed by atoms with E-state index in [0.29, 0.717) is 0 Å². The topological polar surface area (TPSA) is 55.1 Å². The summed E-state index contributed by atoms with van der Waals surface area (Å²) in [5.74, 6) is 0.234. The highest BCUT2D eigenvalue weighted by Gasteiger charge is 2.27. The van der Waals surface area contributed by atoms with Crippen molar-refractivity contribution >= 4 is 5.91 Å². The van der Waals surface area contributed by atoms with Gasteiger partial charge in [0.1, 0.15) is 0 Å². The van der Waals surface area contributed by atoms with E-state index in [1.165, 1.54) is 37.7 Å². The average Bonchev–Trinajstić information content (AvgIpc) is 2.40. The van der Waals surface area contributed by atoms with Crippen LogP contribution in [0.4, 0.5) is 0 Å². The smallest absolute Gasteiger partial charge is 0.224 e. The van der Waals surface area contributed by atoms with Crippen LogP contribution >= 0.6 is 0 Å². The number of nitrogens with one attached hydrogen (secondary N) is 1. The summed E-state index contributed by atoms with van der Waals surface area (Å²) in [5, 5.41) is 3.07. The molecule has 102 valence electrons. The van der Waals surface area contributed by atoms with Gasteiger partial charge in [-0.05, 0) is 44.9 Å². The minimum atomic E-state index is 0.0547. The molecule has 0 aromatic rings. The standard InChI is InChI=1S/C15H26N2O/c16-14-9-5-4-8-13(14)15(18)17-11-10-12-6-2-1-3-7-12/h6,13-14H,1-5,7-11,16H2,(H,17,18). The Morgan fingerprint density at radius 1 is 1.28 bits per heavy atom. The monoisotopic (exact) mass is 250 g/mol. The SMILES string of the molecule is NC1CCCCC1C(=O)NCCC1=CCCCC1. The highest BCUT2D eigenvalue weighted by atomic mass is 16.1. The summed E-state index contributed by atoms with van der Waals surface area (Å²) in [7, 11) is 0. The van der Waals surface area contributed by atoms with Gasteiger partial charge in [-0.15, -0.1) is 0 Å². The Hall–Kier alpha value is -0.830. The van der Waals surface area contributed by atoms with Crippen molar-refractivity contribution in [3.05, 3.63) is 11.6 Å². The van der Waals surface area contributed by atoms with E-state index in [1.807, 2.05) is 0 Å². The number of hydrogen-bond donors (Lipinski definition) is 2. The van der Waals surface area contributed by atoms with Crippen LogP contribution in [0.25, 0.3) is 0 Å². The van der Waals surface area contributed by atoms with E-state index in [0.717, 1.165) is 32.2 Å². The average molecular weight is 250 g/mol. The van der Waals surface area contributed by atoms with Crippen LogP contribution in [0.5, 0.6) is 0 Å². The van der Waals surface area contributed by atoms with Gasteiger partial charge >= 0.3 is 0 Å². The number of allylic oxidation sites excluding steroid dienone is 1. The normalized spacial score (nSPS) is 28.6. The molecule has 1 amide bonds. The lowest BCUT2D eigenvalue weighted by molar-refractivity contribution is -0.126. The highest BCUT2D eigenvalue weighted by Crippen LogP contribution is 2.23. The molecule has 0 spiro atoms. The van der Waals surface area contributed by atoms with Gasteiger partial charge in [0.05, 0.1) is 5.92 Å². The Kier molecular flexibility index (Phi) is 5.24. The third kappa shape index (κ3) is 3.84. The molecule has 0 aliphatic heterocycles. The molecule has 2 rings (SSSR count). The molecule has 3 N–H and O–H groups in total. The predicted octanol–water partition coefficient (Wildman–Crippen LogP) is 2.51. The molecule has 1 saturated carbocycles. The van der Waals surface area contributed by atoms with E-state index < -0.39 is 0 Å². The number of nitrogens with two attached hydrogens (primary N) is 1. The van der Waals surface area contributed by atoms with Crippen LogP contribution in [0.1, 0.15) is 57.8 Å². The van der Waals surface area contributed by atoms with Crippen molar-refractivity contribution in [2.24, 2.45) is 11.7 Å². The molecule has 0 radical (unpaired) electrons. The summed E-state index contributed by atoms with van der Waals surface area (Å²) in [5.41, 5.74) is 7.54. The van der Waals surface area contributed by atoms with E-state index in [1.54, 1.807) is 0 Å². The molecule has 0 aromatic heterocycles. The van der Waals surface area contributed by atoms with Gasteiger partial charge in [0, 0.05) is 12.6 Å². The van der Waals surface area contributed by atoms with E-state index in [-0.39, 0.29) is 17.9 Å². The van der Waals surface area contributed by atoms with Crippen LogP contribution in [0.3, 0.4) is 0 Å². The highest BCUT2D eigenvalue weighted by molar-refractivity contribution is 5.79. The van der Waals surface area contributed by atoms with E-state index in [9.17, 15) is 4.79 Å². The van der Waals surface area contributed by atoms with Crippen LogP contribution in [-0.2, 0) is 4.79 Å². The fourth-order valence-electron chi connectivity index (χ4n) is 3.09. The van der Waals surface area contributed by atoms with Crippen molar-refractivity contribution in [3.8, 4) is 0 Å². The Bertz CT molecular complexity index is 312. The Balaban J connectivity index is 1.69. The number of hydrogen-bond acceptors (Lipinski definition) is 2. The summed E-state index contributed by atoms with van der Waals surface area (Å²) >= 11 is 0. The molecule has 1 fully saturated rings. The summed E-state index contributed by atoms with van der Waals surface area (Å²) < 4.78 is 0. The van der Waals surface area contributed by atoms with Gasteiger partial charge in [0.25, 0.3) is 0 Å². The first kappa shape index (κ1) is 13.6. The van der Waals surface area contributed by atoms with Crippen molar-refractivity contribution in [3.63, 3.8) is 0 Å². The van der Waals surface area contributed by atoms with Gasteiger partial charge < -0.3 is 11.1 Å². The molecular weight excluding hydrogens is 224 g/mol. The molecule has 0 bridgehead atoms. The van der Waals surface area contributed by atoms with Gasteiger partial charge in [-0.3, -0.25) is 4.79 Å². The fraction of sp³-hybridized carbons (Fsp3) is 0.800. The van der Waals surface area contributed by atoms with E-state index in [2.05, 4.69) is 11.4 Å². The Morgan fingerprint density at radius 2 is 2.11 bits per heavy atom. The molecule has 18 heavy (non-hydrogen) atoms. The molecular formula is C15H26N2O. The maximum atomic E-state index is 12.0. The fourth-order valence-corrected chi connectivity index (χ4v) is 3.09. The number of amides is 1. The van der Waals surface area contributed by atoms with Crippen LogP contribution in [-0.4, -0.2) is 18.5 Å². The molecule has 3 heteroatoms. The van der Waals surface area contributed by atoms with Gasteiger partial charge in [-0.25, -0.2) is 0 Å². The molecule has 0 aromatic carbocycles. The predicted molar refractivity (Wildman–Crippen MR) is 74.1 cm³/mol. The van der Waals surface area contributed by atoms with Crippen molar-refractivity contribution in [1.82, 2.24) is 5.32 Å². The lowest BCUT2D eigenvalue weighted by atomic mass is 9.84. The number of carbonyl (C=O) groups is 1. The largest absolute Gasteiger partial charge is 0.355 e. The van der Waals surface area contributed by atoms with Gasteiger partial charge in [-0.2, -0.15) is 0 Å². The van der Waals surface area contributed by atoms with Gasteiger partial charge in [0.15, 0.2) is 0 Å². The lowest BCUT2D eigenvalue weighted by Crippen LogP contribution is -2.43. The second-order valence-corrected chi connectivity index (χ2v) is 5.70. The quantitative estimate of drug-likeness (QED) is 0.753. The molecule has 2 atom stereocenters. The van der Waals surface area contributed by atoms with E-state index in [4.69, 9.17) is 5.73 Å². The van der Waals surface area contributed by atoms with Crippen LogP contribution in [0.15, 0.2) is 11.6 Å². The second-order valence-electron chi connectivity index (χ2n) is 5.70. The van der Waals surface area contributed by atoms with Gasteiger partial charge in [-0.1, -0.05) is 24.5 Å². The van der Waals surface area contributed by atoms with Crippen LogP contribution in [0, 0.1) is 5.92 Å². The van der Waals surface area contributed by atoms with Crippen molar-refractivity contribution < 1.29 is 4.79 Å². The second kappa shape index (κ2) is 6.93. The first-order valence-corrected chi connectivity index (χ1v) is 7.48. The van der Waals surface area contributed by atoms with Crippen molar-refractivity contribution in [2.45, 2.75) is 63.8 Å². The maximum absolute atomic E-state index is 12.0. The third-order valence-corrected chi connectivity index (χ3v) is 4.29. The number of carbonyl (C=O) groups excluding carboxylic acids is 1. The first-order chi connectivity index (χ1) is 8.77. The Labute approximate surface area is 110 Å². The van der Waals surface area contributed by atoms with E-state index >= 15 is 0 Å². The zero-order chi connectivity index (χ0) is 12.8. The first-order valence-electron chi connectivity index (χ1n) is 7.48. The third-order valence-electron chi connectivity index (χ3n) is 4.29. The number of rotatable bonds is 4. The van der Waals surface area contributed by atoms with Crippen molar-refractivity contribution in [1.29, 1.82) is 0 Å². The minimum absolute atomic E-state index is 0.0547. The van der Waals surface area contributed by atoms with Crippen molar-refractivity contribution in [2.75, 3.05) is 6.54 Å². The molecule has 2 unspecified atom stereocenters. The summed E-state index contributed by atoms with van der Waals surface area (Å²) in [6.07, 6.45) is 12.7. The maximum Gasteiger partial charge on any atom is 0.224 e. The lowest BCUT2D eigenvalue weighted by Gasteiger charge is -2.27. The summed E-state index contributed by atoms with van der Waals surface area (Å²) in [6, 6.07) is 0.0765. The molecule has 2 aliphatic carbocycles. The van der Waals surface area contributed by atoms with Crippen LogP contribution in [0.2, 0.25) is 0 Å². The molecule has 0 saturated heterocycles. The zero-order valence-electron chi connectivity index (χ0n) is 11.3. The zero-order valence-corrected chi connectivity index (χ0v) is 11.3. The Morgan fingerprint density at radius 3 is 2.83 bits per heavy atom. The van der Waals surface area contributed by atoms with Crippen LogP contribution < -0.4 is 11.1 Å². The molecule has 2 aliphatic rings. The summed E-state index contributed by atoms with van der Waals surface area (Å²) in [6.45, 7) is 0.786.